The quantitative estimate of drug-likeness (QED) is 0.368. The molecular weight excluding hydrogens is 384 g/mol. The van der Waals surface area contributed by atoms with Gasteiger partial charge in [-0.05, 0) is 56.1 Å². The average Bonchev–Trinajstić information content (AvgIpc) is 3.02. The molecule has 0 fully saturated rings. The van der Waals surface area contributed by atoms with E-state index in [1.54, 1.807) is 18.5 Å². The molecule has 2 aromatic heterocycles. The molecule has 28 heavy (non-hydrogen) atoms. The van der Waals surface area contributed by atoms with Crippen LogP contribution in [0.2, 0.25) is 5.28 Å². The summed E-state index contributed by atoms with van der Waals surface area (Å²) >= 11 is 5.73. The monoisotopic (exact) mass is 402 g/mol. The first kappa shape index (κ1) is 19.7. The first-order valence-electron chi connectivity index (χ1n) is 8.45. The number of aromatic nitrogens is 4. The van der Waals surface area contributed by atoms with E-state index < -0.39 is 10.5 Å². The predicted molar refractivity (Wildman–Crippen MR) is 105 cm³/mol. The van der Waals surface area contributed by atoms with Crippen LogP contribution in [0.15, 0.2) is 36.5 Å². The topological polar surface area (TPSA) is 119 Å². The maximum Gasteiger partial charge on any atom is 0.329 e. The predicted octanol–water partition coefficient (Wildman–Crippen LogP) is 3.37. The van der Waals surface area contributed by atoms with E-state index >= 15 is 0 Å². The van der Waals surface area contributed by atoms with Gasteiger partial charge in [-0.1, -0.05) is 12.1 Å². The molecule has 0 saturated carbocycles. The van der Waals surface area contributed by atoms with Crippen molar-refractivity contribution in [2.45, 2.75) is 32.9 Å². The highest BCUT2D eigenvalue weighted by molar-refractivity contribution is 6.28. The normalized spacial score (nSPS) is 11.5. The number of aliphatic hydroxyl groups is 1. The molecule has 0 amide bonds. The van der Waals surface area contributed by atoms with Gasteiger partial charge in [0.05, 0.1) is 16.3 Å². The lowest BCUT2D eigenvalue weighted by molar-refractivity contribution is -0.384. The molecule has 0 spiro atoms. The number of benzene rings is 1. The molecule has 10 heteroatoms. The van der Waals surface area contributed by atoms with E-state index in [4.69, 9.17) is 11.6 Å². The standard InChI is InChI=1S/C18H19ClN6O3/c1-11-8-15(18(2,3)26)23-24(11)13-6-4-12(5-7-13)9-20-16-14(25(27)28)10-21-17(19)22-16/h4-8,10,26H,9H2,1-3H3,(H,20,21,22). The maximum absolute atomic E-state index is 11.1. The molecule has 2 heterocycles. The van der Waals surface area contributed by atoms with Crippen LogP contribution in [0.5, 0.6) is 0 Å². The second-order valence-corrected chi connectivity index (χ2v) is 7.13. The Hall–Kier alpha value is -3.04. The zero-order valence-corrected chi connectivity index (χ0v) is 16.3. The Morgan fingerprint density at radius 2 is 2.00 bits per heavy atom. The molecule has 1 aromatic carbocycles. The summed E-state index contributed by atoms with van der Waals surface area (Å²) in [6, 6.07) is 9.36. The van der Waals surface area contributed by atoms with Crippen molar-refractivity contribution in [1.29, 1.82) is 0 Å². The lowest BCUT2D eigenvalue weighted by Crippen LogP contribution is -2.16. The largest absolute Gasteiger partial charge is 0.384 e. The number of nitro groups is 1. The van der Waals surface area contributed by atoms with Crippen LogP contribution in [0.25, 0.3) is 5.69 Å². The number of hydrogen-bond acceptors (Lipinski definition) is 7. The van der Waals surface area contributed by atoms with Gasteiger partial charge in [0, 0.05) is 12.2 Å². The molecule has 146 valence electrons. The zero-order valence-electron chi connectivity index (χ0n) is 15.5. The fourth-order valence-corrected chi connectivity index (χ4v) is 2.73. The molecule has 0 bridgehead atoms. The molecule has 0 atom stereocenters. The second-order valence-electron chi connectivity index (χ2n) is 6.79. The summed E-state index contributed by atoms with van der Waals surface area (Å²) in [5.74, 6) is 0.0619. The lowest BCUT2D eigenvalue weighted by Gasteiger charge is -2.13. The van der Waals surface area contributed by atoms with Gasteiger partial charge in [-0.2, -0.15) is 10.1 Å². The van der Waals surface area contributed by atoms with Gasteiger partial charge in [0.15, 0.2) is 0 Å². The van der Waals surface area contributed by atoms with E-state index in [9.17, 15) is 15.2 Å². The van der Waals surface area contributed by atoms with Crippen LogP contribution in [0.1, 0.15) is 30.8 Å². The third-order valence-corrected chi connectivity index (χ3v) is 4.27. The summed E-state index contributed by atoms with van der Waals surface area (Å²) in [7, 11) is 0. The summed E-state index contributed by atoms with van der Waals surface area (Å²) < 4.78 is 1.75. The third-order valence-electron chi connectivity index (χ3n) is 4.09. The zero-order chi connectivity index (χ0) is 20.5. The summed E-state index contributed by atoms with van der Waals surface area (Å²) in [5, 5.41) is 28.5. The van der Waals surface area contributed by atoms with E-state index in [2.05, 4.69) is 20.4 Å². The van der Waals surface area contributed by atoms with Crippen LogP contribution in [0.3, 0.4) is 0 Å². The molecule has 3 rings (SSSR count). The Morgan fingerprint density at radius 3 is 2.57 bits per heavy atom. The summed E-state index contributed by atoms with van der Waals surface area (Å²) in [6.45, 7) is 5.61. The number of nitrogens with one attached hydrogen (secondary N) is 1. The van der Waals surface area contributed by atoms with Gasteiger partial charge in [-0.25, -0.2) is 9.67 Å². The first-order chi connectivity index (χ1) is 13.1. The highest BCUT2D eigenvalue weighted by atomic mass is 35.5. The van der Waals surface area contributed by atoms with Crippen molar-refractivity contribution in [2.75, 3.05) is 5.32 Å². The average molecular weight is 403 g/mol. The van der Waals surface area contributed by atoms with Crippen LogP contribution >= 0.6 is 11.6 Å². The van der Waals surface area contributed by atoms with Crippen molar-refractivity contribution >= 4 is 23.1 Å². The number of nitrogens with zero attached hydrogens (tertiary/aromatic N) is 5. The number of anilines is 1. The fraction of sp³-hybridized carbons (Fsp3) is 0.278. The van der Waals surface area contributed by atoms with Crippen LogP contribution < -0.4 is 5.32 Å². The minimum absolute atomic E-state index is 0.0619. The van der Waals surface area contributed by atoms with E-state index in [0.29, 0.717) is 12.2 Å². The molecular formula is C18H19ClN6O3. The highest BCUT2D eigenvalue weighted by Gasteiger charge is 2.21. The minimum Gasteiger partial charge on any atom is -0.384 e. The van der Waals surface area contributed by atoms with E-state index in [1.165, 1.54) is 0 Å². The molecule has 0 aliphatic rings. The van der Waals surface area contributed by atoms with Crippen LogP contribution in [0, 0.1) is 17.0 Å². The van der Waals surface area contributed by atoms with Crippen molar-refractivity contribution in [1.82, 2.24) is 19.7 Å². The Morgan fingerprint density at radius 1 is 1.32 bits per heavy atom. The van der Waals surface area contributed by atoms with Gasteiger partial charge in [-0.3, -0.25) is 10.1 Å². The van der Waals surface area contributed by atoms with Crippen LogP contribution in [-0.2, 0) is 12.1 Å². The van der Waals surface area contributed by atoms with Gasteiger partial charge in [0.1, 0.15) is 11.8 Å². The second kappa shape index (κ2) is 7.53. The van der Waals surface area contributed by atoms with Gasteiger partial charge in [-0.15, -0.1) is 0 Å². The molecule has 2 N–H and O–H groups in total. The Labute approximate surface area is 166 Å². The van der Waals surface area contributed by atoms with Crippen molar-refractivity contribution in [3.63, 3.8) is 0 Å². The smallest absolute Gasteiger partial charge is 0.329 e. The van der Waals surface area contributed by atoms with Crippen molar-refractivity contribution < 1.29 is 10.0 Å². The maximum atomic E-state index is 11.1. The Bertz CT molecular complexity index is 1010. The molecule has 0 aliphatic heterocycles. The van der Waals surface area contributed by atoms with E-state index in [1.807, 2.05) is 37.3 Å². The van der Waals surface area contributed by atoms with Gasteiger partial charge in [0.25, 0.3) is 0 Å². The number of aryl methyl sites for hydroxylation is 1. The van der Waals surface area contributed by atoms with Gasteiger partial charge < -0.3 is 10.4 Å². The van der Waals surface area contributed by atoms with Crippen LogP contribution in [0.4, 0.5) is 11.5 Å². The number of rotatable bonds is 6. The Kier molecular flexibility index (Phi) is 5.30. The summed E-state index contributed by atoms with van der Waals surface area (Å²) in [6.07, 6.45) is 1.07. The van der Waals surface area contributed by atoms with Crippen molar-refractivity contribution in [3.8, 4) is 5.69 Å². The van der Waals surface area contributed by atoms with E-state index in [-0.39, 0.29) is 16.8 Å². The lowest BCUT2D eigenvalue weighted by atomic mass is 10.1. The SMILES string of the molecule is Cc1cc(C(C)(C)O)nn1-c1ccc(CNc2nc(Cl)ncc2[N+](=O)[O-])cc1. The van der Waals surface area contributed by atoms with Crippen molar-refractivity contribution in [2.24, 2.45) is 0 Å². The number of hydrogen-bond donors (Lipinski definition) is 2. The molecule has 9 nitrogen and oxygen atoms in total. The minimum atomic E-state index is -1.02. The van der Waals surface area contributed by atoms with E-state index in [0.717, 1.165) is 23.1 Å². The fourth-order valence-electron chi connectivity index (χ4n) is 2.59. The summed E-state index contributed by atoms with van der Waals surface area (Å²) in [4.78, 5) is 18.0. The molecule has 3 aromatic rings. The molecule has 0 aliphatic carbocycles. The first-order valence-corrected chi connectivity index (χ1v) is 8.82. The van der Waals surface area contributed by atoms with Crippen molar-refractivity contribution in [3.05, 3.63) is 68.9 Å². The molecule has 0 radical (unpaired) electrons. The van der Waals surface area contributed by atoms with Gasteiger partial charge >= 0.3 is 5.69 Å². The number of halogens is 1. The Balaban J connectivity index is 1.77. The van der Waals surface area contributed by atoms with Gasteiger partial charge in [0.2, 0.25) is 11.1 Å². The molecule has 0 unspecified atom stereocenters. The van der Waals surface area contributed by atoms with Crippen LogP contribution in [-0.4, -0.2) is 29.8 Å². The summed E-state index contributed by atoms with van der Waals surface area (Å²) in [5.41, 5.74) is 1.95. The highest BCUT2D eigenvalue weighted by Crippen LogP contribution is 2.24. The third kappa shape index (κ3) is 4.26. The molecule has 0 saturated heterocycles.